The molecule has 1 aromatic heterocycles. The number of carbonyl (C=O) groups is 1. The molecule has 2 fully saturated rings. The molecule has 1 amide bonds. The van der Waals surface area contributed by atoms with Gasteiger partial charge in [-0.15, -0.1) is 11.3 Å². The maximum Gasteiger partial charge on any atom is 0.231 e. The van der Waals surface area contributed by atoms with E-state index in [0.717, 1.165) is 37.2 Å². The van der Waals surface area contributed by atoms with Crippen molar-refractivity contribution in [3.05, 3.63) is 22.4 Å². The van der Waals surface area contributed by atoms with E-state index in [1.807, 2.05) is 11.4 Å². The molecular formula is C15H21NO3S. The molecule has 0 aliphatic carbocycles. The molecule has 3 heterocycles. The number of carbonyl (C=O) groups excluding carboxylic acids is 1. The molecule has 110 valence electrons. The van der Waals surface area contributed by atoms with Crippen LogP contribution in [0.1, 0.15) is 30.6 Å². The summed E-state index contributed by atoms with van der Waals surface area (Å²) in [5, 5.41) is 5.15. The van der Waals surface area contributed by atoms with Gasteiger partial charge < -0.3 is 14.8 Å². The van der Waals surface area contributed by atoms with Crippen molar-refractivity contribution in [2.24, 2.45) is 0 Å². The van der Waals surface area contributed by atoms with Gasteiger partial charge in [-0.3, -0.25) is 4.79 Å². The monoisotopic (exact) mass is 295 g/mol. The lowest BCUT2D eigenvalue weighted by atomic mass is 9.78. The molecule has 1 N–H and O–H groups in total. The molecule has 2 aliphatic heterocycles. The highest BCUT2D eigenvalue weighted by atomic mass is 32.1. The summed E-state index contributed by atoms with van der Waals surface area (Å²) in [5.41, 5.74) is -0.398. The summed E-state index contributed by atoms with van der Waals surface area (Å²) >= 11 is 1.67. The maximum absolute atomic E-state index is 12.8. The molecule has 2 saturated heterocycles. The van der Waals surface area contributed by atoms with E-state index in [0.29, 0.717) is 19.8 Å². The van der Waals surface area contributed by atoms with E-state index in [4.69, 9.17) is 9.47 Å². The summed E-state index contributed by atoms with van der Waals surface area (Å²) in [5.74, 6) is 0.138. The predicted molar refractivity (Wildman–Crippen MR) is 78.0 cm³/mol. The number of ether oxygens (including phenoxy) is 2. The van der Waals surface area contributed by atoms with Crippen LogP contribution >= 0.6 is 11.3 Å². The highest BCUT2D eigenvalue weighted by Crippen LogP contribution is 2.37. The number of rotatable bonds is 4. The van der Waals surface area contributed by atoms with Crippen LogP contribution in [0.15, 0.2) is 17.5 Å². The molecule has 4 nitrogen and oxygen atoms in total. The fourth-order valence-corrected chi connectivity index (χ4v) is 4.02. The molecular weight excluding hydrogens is 274 g/mol. The van der Waals surface area contributed by atoms with Crippen molar-refractivity contribution >= 4 is 17.2 Å². The second-order valence-corrected chi connectivity index (χ2v) is 6.46. The quantitative estimate of drug-likeness (QED) is 0.925. The molecule has 0 aromatic carbocycles. The lowest BCUT2D eigenvalue weighted by molar-refractivity contribution is -0.130. The number of hydrogen-bond acceptors (Lipinski definition) is 4. The third kappa shape index (κ3) is 2.75. The minimum atomic E-state index is -0.398. The van der Waals surface area contributed by atoms with Gasteiger partial charge in [0.1, 0.15) is 0 Å². The third-order valence-electron chi connectivity index (χ3n) is 4.29. The van der Waals surface area contributed by atoms with Crippen LogP contribution in [0.4, 0.5) is 0 Å². The average molecular weight is 295 g/mol. The third-order valence-corrected chi connectivity index (χ3v) is 5.36. The number of nitrogens with one attached hydrogen (secondary N) is 1. The normalized spacial score (nSPS) is 25.5. The lowest BCUT2D eigenvalue weighted by Crippen LogP contribution is -2.49. The molecule has 1 aromatic rings. The first-order valence-corrected chi connectivity index (χ1v) is 8.21. The first kappa shape index (κ1) is 14.0. The van der Waals surface area contributed by atoms with E-state index >= 15 is 0 Å². The predicted octanol–water partition coefficient (Wildman–Crippen LogP) is 2.09. The smallest absolute Gasteiger partial charge is 0.231 e. The van der Waals surface area contributed by atoms with E-state index < -0.39 is 5.41 Å². The number of amides is 1. The lowest BCUT2D eigenvalue weighted by Gasteiger charge is -2.35. The summed E-state index contributed by atoms with van der Waals surface area (Å²) in [7, 11) is 0. The van der Waals surface area contributed by atoms with Gasteiger partial charge in [-0.05, 0) is 37.1 Å². The Kier molecular flexibility index (Phi) is 4.38. The Hall–Kier alpha value is -0.910. The van der Waals surface area contributed by atoms with E-state index in [-0.39, 0.29) is 12.0 Å². The van der Waals surface area contributed by atoms with Gasteiger partial charge in [0.15, 0.2) is 0 Å². The van der Waals surface area contributed by atoms with Crippen LogP contribution in [-0.2, 0) is 19.7 Å². The standard InChI is InChI=1S/C15H21NO3S/c17-14(16-11-12-3-1-7-19-12)15(5-8-18-9-6-15)13-4-2-10-20-13/h2,4,10,12H,1,3,5-9,11H2,(H,16,17). The fourth-order valence-electron chi connectivity index (χ4n) is 3.04. The fraction of sp³-hybridized carbons (Fsp3) is 0.667. The molecule has 20 heavy (non-hydrogen) atoms. The first-order chi connectivity index (χ1) is 9.81. The van der Waals surface area contributed by atoms with Crippen LogP contribution in [0.3, 0.4) is 0 Å². The molecule has 0 radical (unpaired) electrons. The van der Waals surface area contributed by atoms with Crippen LogP contribution in [0.25, 0.3) is 0 Å². The molecule has 0 saturated carbocycles. The van der Waals surface area contributed by atoms with E-state index in [1.54, 1.807) is 11.3 Å². The number of thiophene rings is 1. The summed E-state index contributed by atoms with van der Waals surface area (Å²) in [4.78, 5) is 13.9. The van der Waals surface area contributed by atoms with E-state index in [1.165, 1.54) is 0 Å². The zero-order valence-corrected chi connectivity index (χ0v) is 12.4. The molecule has 0 bridgehead atoms. The van der Waals surface area contributed by atoms with Crippen molar-refractivity contribution in [2.45, 2.75) is 37.2 Å². The molecule has 2 aliphatic rings. The summed E-state index contributed by atoms with van der Waals surface area (Å²) in [6.45, 7) is 2.77. The average Bonchev–Trinajstić information content (AvgIpc) is 3.18. The highest BCUT2D eigenvalue weighted by Gasteiger charge is 2.42. The van der Waals surface area contributed by atoms with Crippen molar-refractivity contribution < 1.29 is 14.3 Å². The summed E-state index contributed by atoms with van der Waals surface area (Å²) in [6, 6.07) is 4.09. The van der Waals surface area contributed by atoms with Gasteiger partial charge in [-0.2, -0.15) is 0 Å². The topological polar surface area (TPSA) is 47.6 Å². The van der Waals surface area contributed by atoms with Gasteiger partial charge in [0.25, 0.3) is 0 Å². The van der Waals surface area contributed by atoms with Gasteiger partial charge in [0, 0.05) is 31.2 Å². The van der Waals surface area contributed by atoms with Crippen molar-refractivity contribution in [2.75, 3.05) is 26.4 Å². The first-order valence-electron chi connectivity index (χ1n) is 7.33. The van der Waals surface area contributed by atoms with Crippen LogP contribution < -0.4 is 5.32 Å². The van der Waals surface area contributed by atoms with Crippen LogP contribution in [-0.4, -0.2) is 38.4 Å². The van der Waals surface area contributed by atoms with E-state index in [9.17, 15) is 4.79 Å². The summed E-state index contributed by atoms with van der Waals surface area (Å²) in [6.07, 6.45) is 3.88. The molecule has 5 heteroatoms. The van der Waals surface area contributed by atoms with Crippen LogP contribution in [0, 0.1) is 0 Å². The minimum Gasteiger partial charge on any atom is -0.381 e. The molecule has 0 spiro atoms. The zero-order valence-electron chi connectivity index (χ0n) is 11.6. The van der Waals surface area contributed by atoms with Crippen molar-refractivity contribution in [1.82, 2.24) is 5.32 Å². The van der Waals surface area contributed by atoms with Crippen LogP contribution in [0.5, 0.6) is 0 Å². The van der Waals surface area contributed by atoms with Crippen molar-refractivity contribution in [3.8, 4) is 0 Å². The number of hydrogen-bond donors (Lipinski definition) is 1. The van der Waals surface area contributed by atoms with Gasteiger partial charge in [-0.1, -0.05) is 6.07 Å². The highest BCUT2D eigenvalue weighted by molar-refractivity contribution is 7.10. The maximum atomic E-state index is 12.8. The largest absolute Gasteiger partial charge is 0.381 e. The molecule has 1 atom stereocenters. The Morgan fingerprint density at radius 2 is 2.25 bits per heavy atom. The Morgan fingerprint density at radius 1 is 1.40 bits per heavy atom. The second-order valence-electron chi connectivity index (χ2n) is 5.52. The van der Waals surface area contributed by atoms with E-state index in [2.05, 4.69) is 11.4 Å². The van der Waals surface area contributed by atoms with Crippen LogP contribution in [0.2, 0.25) is 0 Å². The Labute approximate surface area is 123 Å². The Balaban J connectivity index is 1.70. The van der Waals surface area contributed by atoms with Gasteiger partial charge in [0.05, 0.1) is 11.5 Å². The zero-order chi connectivity index (χ0) is 13.8. The summed E-state index contributed by atoms with van der Waals surface area (Å²) < 4.78 is 11.0. The minimum absolute atomic E-state index is 0.138. The van der Waals surface area contributed by atoms with Gasteiger partial charge in [-0.25, -0.2) is 0 Å². The Bertz CT molecular complexity index is 434. The van der Waals surface area contributed by atoms with Gasteiger partial charge >= 0.3 is 0 Å². The van der Waals surface area contributed by atoms with Gasteiger partial charge in [0.2, 0.25) is 5.91 Å². The SMILES string of the molecule is O=C(NCC1CCCO1)C1(c2cccs2)CCOCC1. The molecule has 3 rings (SSSR count). The second kappa shape index (κ2) is 6.24. The molecule has 1 unspecified atom stereocenters. The van der Waals surface area contributed by atoms with Crippen molar-refractivity contribution in [1.29, 1.82) is 0 Å². The van der Waals surface area contributed by atoms with Crippen molar-refractivity contribution in [3.63, 3.8) is 0 Å². The Morgan fingerprint density at radius 3 is 2.90 bits per heavy atom.